The van der Waals surface area contributed by atoms with Crippen molar-refractivity contribution in [1.82, 2.24) is 14.8 Å². The van der Waals surface area contributed by atoms with Gasteiger partial charge < -0.3 is 9.84 Å². The van der Waals surface area contributed by atoms with Crippen LogP contribution in [0.4, 0.5) is 10.5 Å². The van der Waals surface area contributed by atoms with Crippen LogP contribution in [-0.4, -0.2) is 39.6 Å². The maximum Gasteiger partial charge on any atom is 0.411 e. The van der Waals surface area contributed by atoms with Gasteiger partial charge >= 0.3 is 6.09 Å². The van der Waals surface area contributed by atoms with Gasteiger partial charge in [0.15, 0.2) is 5.82 Å². The number of carbonyl (C=O) groups is 1. The van der Waals surface area contributed by atoms with Gasteiger partial charge in [0.25, 0.3) is 0 Å². The molecule has 1 aliphatic heterocycles. The Morgan fingerprint density at radius 1 is 1.26 bits per heavy atom. The van der Waals surface area contributed by atoms with Crippen molar-refractivity contribution in [3.8, 4) is 32.6 Å². The molecule has 7 nitrogen and oxygen atoms in total. The predicted octanol–water partition coefficient (Wildman–Crippen LogP) is 5.37. The maximum atomic E-state index is 11.3. The molecular formula is C22H17ClN4O3S. The summed E-state index contributed by atoms with van der Waals surface area (Å²) >= 11 is 8.00. The van der Waals surface area contributed by atoms with E-state index in [-0.39, 0.29) is 0 Å². The number of fused-ring (bicyclic) bond motifs is 3. The Balaban J connectivity index is 1.59. The molecule has 9 heteroatoms. The number of anilines is 1. The van der Waals surface area contributed by atoms with Crippen LogP contribution in [0.3, 0.4) is 0 Å². The average molecular weight is 453 g/mol. The predicted molar refractivity (Wildman–Crippen MR) is 121 cm³/mol. The normalized spacial score (nSPS) is 12.5. The first kappa shape index (κ1) is 19.6. The van der Waals surface area contributed by atoms with Crippen molar-refractivity contribution in [2.24, 2.45) is 0 Å². The SMILES string of the molecule is CN(C(=O)O)c1ccc2c(c1)OCCc1cc(-c3nncn3-c3ccccc3Cl)sc1-2. The second-order valence-electron chi connectivity index (χ2n) is 7.06. The van der Waals surface area contributed by atoms with Gasteiger partial charge in [-0.05, 0) is 35.9 Å². The minimum atomic E-state index is -1.02. The molecule has 156 valence electrons. The maximum absolute atomic E-state index is 11.3. The summed E-state index contributed by atoms with van der Waals surface area (Å²) < 4.78 is 7.82. The zero-order chi connectivity index (χ0) is 21.5. The van der Waals surface area contributed by atoms with Crippen LogP contribution in [0.5, 0.6) is 5.75 Å². The number of rotatable bonds is 3. The van der Waals surface area contributed by atoms with E-state index >= 15 is 0 Å². The lowest BCUT2D eigenvalue weighted by Gasteiger charge is -2.15. The average Bonchev–Trinajstić information content (AvgIpc) is 3.37. The Morgan fingerprint density at radius 2 is 2.10 bits per heavy atom. The summed E-state index contributed by atoms with van der Waals surface area (Å²) in [7, 11) is 1.51. The van der Waals surface area contributed by atoms with Gasteiger partial charge in [-0.2, -0.15) is 0 Å². The number of ether oxygens (including phenoxy) is 1. The van der Waals surface area contributed by atoms with Crippen molar-refractivity contribution in [3.63, 3.8) is 0 Å². The van der Waals surface area contributed by atoms with E-state index in [9.17, 15) is 9.90 Å². The van der Waals surface area contributed by atoms with Crippen LogP contribution in [0.2, 0.25) is 5.02 Å². The lowest BCUT2D eigenvalue weighted by atomic mass is 10.1. The summed E-state index contributed by atoms with van der Waals surface area (Å²) in [6.07, 6.45) is 1.38. The van der Waals surface area contributed by atoms with E-state index in [1.807, 2.05) is 34.9 Å². The van der Waals surface area contributed by atoms with E-state index in [0.29, 0.717) is 23.1 Å². The van der Waals surface area contributed by atoms with Gasteiger partial charge in [-0.3, -0.25) is 9.47 Å². The number of nitrogens with zero attached hydrogens (tertiary/aromatic N) is 4. The topological polar surface area (TPSA) is 80.5 Å². The second-order valence-corrected chi connectivity index (χ2v) is 8.52. The molecule has 0 spiro atoms. The molecule has 4 aromatic rings. The number of hydrogen-bond acceptors (Lipinski definition) is 5. The van der Waals surface area contributed by atoms with Gasteiger partial charge in [0.2, 0.25) is 0 Å². The van der Waals surface area contributed by atoms with Crippen molar-refractivity contribution in [2.75, 3.05) is 18.6 Å². The van der Waals surface area contributed by atoms with Crippen LogP contribution in [0.25, 0.3) is 26.8 Å². The fraction of sp³-hybridized carbons (Fsp3) is 0.136. The Labute approximate surface area is 187 Å². The highest BCUT2D eigenvalue weighted by atomic mass is 35.5. The van der Waals surface area contributed by atoms with Crippen LogP contribution in [0, 0.1) is 0 Å². The number of thiophene rings is 1. The molecule has 1 amide bonds. The zero-order valence-corrected chi connectivity index (χ0v) is 18.0. The first-order valence-corrected chi connectivity index (χ1v) is 10.7. The number of para-hydroxylation sites is 1. The van der Waals surface area contributed by atoms with E-state index in [1.54, 1.807) is 29.8 Å². The molecule has 0 bridgehead atoms. The summed E-state index contributed by atoms with van der Waals surface area (Å²) in [6.45, 7) is 0.508. The molecule has 2 aromatic carbocycles. The summed E-state index contributed by atoms with van der Waals surface area (Å²) in [5.74, 6) is 1.39. The number of halogens is 1. The van der Waals surface area contributed by atoms with Crippen LogP contribution in [0.1, 0.15) is 5.56 Å². The van der Waals surface area contributed by atoms with E-state index in [1.165, 1.54) is 11.9 Å². The monoisotopic (exact) mass is 452 g/mol. The molecule has 3 heterocycles. The molecule has 2 aromatic heterocycles. The van der Waals surface area contributed by atoms with E-state index in [0.717, 1.165) is 38.8 Å². The van der Waals surface area contributed by atoms with E-state index < -0.39 is 6.09 Å². The third-order valence-corrected chi connectivity index (χ3v) is 6.73. The third kappa shape index (κ3) is 3.43. The zero-order valence-electron chi connectivity index (χ0n) is 16.4. The summed E-state index contributed by atoms with van der Waals surface area (Å²) in [6, 6.07) is 15.2. The molecular weight excluding hydrogens is 436 g/mol. The highest BCUT2D eigenvalue weighted by Gasteiger charge is 2.23. The van der Waals surface area contributed by atoms with Crippen LogP contribution < -0.4 is 9.64 Å². The first-order valence-electron chi connectivity index (χ1n) is 9.55. The summed E-state index contributed by atoms with van der Waals surface area (Å²) in [5, 5.41) is 18.3. The standard InChI is InChI=1S/C22H17ClN4O3S/c1-26(22(28)29)14-6-7-15-18(11-14)30-9-8-13-10-19(31-20(13)15)21-25-24-12-27(21)17-5-3-2-4-16(17)23/h2-7,10-12H,8-9H2,1H3,(H,28,29). The molecule has 1 N–H and O–H groups in total. The molecule has 0 radical (unpaired) electrons. The number of aromatic nitrogens is 3. The van der Waals surface area contributed by atoms with Crippen LogP contribution >= 0.6 is 22.9 Å². The molecule has 0 atom stereocenters. The van der Waals surface area contributed by atoms with Crippen molar-refractivity contribution < 1.29 is 14.6 Å². The van der Waals surface area contributed by atoms with Crippen molar-refractivity contribution in [1.29, 1.82) is 0 Å². The van der Waals surface area contributed by atoms with Crippen LogP contribution in [-0.2, 0) is 6.42 Å². The summed E-state index contributed by atoms with van der Waals surface area (Å²) in [5.41, 5.74) is 3.48. The van der Waals surface area contributed by atoms with Gasteiger partial charge in [0.1, 0.15) is 12.1 Å². The van der Waals surface area contributed by atoms with Crippen molar-refractivity contribution >= 4 is 34.7 Å². The first-order chi connectivity index (χ1) is 15.0. The molecule has 31 heavy (non-hydrogen) atoms. The minimum Gasteiger partial charge on any atom is -0.492 e. The summed E-state index contributed by atoms with van der Waals surface area (Å²) in [4.78, 5) is 14.5. The van der Waals surface area contributed by atoms with E-state index in [4.69, 9.17) is 16.3 Å². The molecule has 0 fully saturated rings. The Kier molecular flexibility index (Phi) is 4.88. The Hall–Kier alpha value is -3.36. The number of hydrogen-bond donors (Lipinski definition) is 1. The number of carboxylic acid groups (broad SMARTS) is 1. The molecule has 5 rings (SSSR count). The lowest BCUT2D eigenvalue weighted by molar-refractivity contribution is 0.203. The molecule has 0 aliphatic carbocycles. The van der Waals surface area contributed by atoms with Gasteiger partial charge in [-0.1, -0.05) is 23.7 Å². The number of benzene rings is 2. The fourth-order valence-corrected chi connectivity index (χ4v) is 5.04. The molecule has 1 aliphatic rings. The fourth-order valence-electron chi connectivity index (χ4n) is 3.59. The quantitative estimate of drug-likeness (QED) is 0.452. The van der Waals surface area contributed by atoms with Gasteiger partial charge in [0.05, 0.1) is 27.9 Å². The minimum absolute atomic E-state index is 0.508. The number of amides is 1. The van der Waals surface area contributed by atoms with Gasteiger partial charge in [-0.15, -0.1) is 21.5 Å². The highest BCUT2D eigenvalue weighted by molar-refractivity contribution is 7.19. The highest BCUT2D eigenvalue weighted by Crippen LogP contribution is 2.44. The van der Waals surface area contributed by atoms with Crippen molar-refractivity contribution in [3.05, 3.63) is 65.4 Å². The van der Waals surface area contributed by atoms with Gasteiger partial charge in [-0.25, -0.2) is 4.79 Å². The Morgan fingerprint density at radius 3 is 2.90 bits per heavy atom. The van der Waals surface area contributed by atoms with Crippen LogP contribution in [0.15, 0.2) is 54.9 Å². The molecule has 0 saturated heterocycles. The second kappa shape index (κ2) is 7.72. The smallest absolute Gasteiger partial charge is 0.411 e. The molecule has 0 saturated carbocycles. The largest absolute Gasteiger partial charge is 0.492 e. The molecule has 0 unspecified atom stereocenters. The van der Waals surface area contributed by atoms with Crippen molar-refractivity contribution in [2.45, 2.75) is 6.42 Å². The van der Waals surface area contributed by atoms with Gasteiger partial charge in [0, 0.05) is 30.0 Å². The lowest BCUT2D eigenvalue weighted by Crippen LogP contribution is -2.23. The third-order valence-electron chi connectivity index (χ3n) is 5.20. The van der Waals surface area contributed by atoms with E-state index in [2.05, 4.69) is 16.3 Å². The Bertz CT molecular complexity index is 1300.